The first-order chi connectivity index (χ1) is 15.3. The van der Waals surface area contributed by atoms with Gasteiger partial charge in [-0.05, 0) is 31.2 Å². The van der Waals surface area contributed by atoms with Gasteiger partial charge in [0.15, 0.2) is 0 Å². The van der Waals surface area contributed by atoms with E-state index >= 15 is 0 Å². The number of aryl methyl sites for hydroxylation is 1. The quantitative estimate of drug-likeness (QED) is 0.393. The molecular weight excluding hydrogens is 424 g/mol. The fourth-order valence-electron chi connectivity index (χ4n) is 4.05. The maximum Gasteiger partial charge on any atom is 0.303 e. The van der Waals surface area contributed by atoms with Crippen molar-refractivity contribution in [2.45, 2.75) is 31.4 Å². The van der Waals surface area contributed by atoms with Gasteiger partial charge in [-0.15, -0.1) is 0 Å². The lowest BCUT2D eigenvalue weighted by atomic mass is 10.2. The molecule has 0 aliphatic heterocycles. The molecule has 0 N–H and O–H groups in total. The molecule has 6 nitrogen and oxygen atoms in total. The van der Waals surface area contributed by atoms with Gasteiger partial charge < -0.3 is 9.30 Å². The molecule has 0 unspecified atom stereocenters. The first-order valence-electron chi connectivity index (χ1n) is 10.4. The number of hydrogen-bond acceptors (Lipinski definition) is 4. The molecular formula is C25H26N2O4S. The molecule has 32 heavy (non-hydrogen) atoms. The number of hydrogen-bond donors (Lipinski definition) is 0. The lowest BCUT2D eigenvalue weighted by Gasteiger charge is -2.25. The van der Waals surface area contributed by atoms with E-state index in [2.05, 4.69) is 16.7 Å². The van der Waals surface area contributed by atoms with Gasteiger partial charge in [-0.1, -0.05) is 54.1 Å². The molecule has 0 amide bonds. The molecule has 4 rings (SSSR count). The zero-order valence-corrected chi connectivity index (χ0v) is 19.2. The minimum atomic E-state index is -3.72. The summed E-state index contributed by atoms with van der Waals surface area (Å²) in [5.74, 6) is -0.447. The Hall–Kier alpha value is -3.16. The number of nitrogens with zero attached hydrogens (tertiary/aromatic N) is 2. The van der Waals surface area contributed by atoms with Crippen LogP contribution in [-0.2, 0) is 26.1 Å². The van der Waals surface area contributed by atoms with E-state index in [-0.39, 0.29) is 11.4 Å². The van der Waals surface area contributed by atoms with Crippen molar-refractivity contribution in [2.24, 2.45) is 0 Å². The van der Waals surface area contributed by atoms with Crippen LogP contribution in [0.3, 0.4) is 0 Å². The molecule has 0 aliphatic rings. The lowest BCUT2D eigenvalue weighted by molar-refractivity contribution is -0.147. The standard InChI is InChI=1S/C25H26N2O4S/c1-18-12-14-21(15-13-18)32(29,30)26(3)16-20(31-19(2)28)17-27-24-10-6-4-8-22(24)23-9-5-7-11-25(23)27/h4-15,20H,16-17H2,1-3H3/t20-/m0/s1. The Morgan fingerprint density at radius 1 is 0.938 bits per heavy atom. The highest BCUT2D eigenvalue weighted by Gasteiger charge is 2.26. The van der Waals surface area contributed by atoms with E-state index in [9.17, 15) is 13.2 Å². The molecule has 4 aromatic rings. The molecule has 1 heterocycles. The first-order valence-corrected chi connectivity index (χ1v) is 11.9. The predicted molar refractivity (Wildman–Crippen MR) is 126 cm³/mol. The van der Waals surface area contributed by atoms with Gasteiger partial charge >= 0.3 is 5.97 Å². The summed E-state index contributed by atoms with van der Waals surface area (Å²) in [5.41, 5.74) is 3.00. The van der Waals surface area contributed by atoms with Crippen molar-refractivity contribution >= 4 is 37.8 Å². The highest BCUT2D eigenvalue weighted by atomic mass is 32.2. The number of carbonyl (C=O) groups excluding carboxylic acids is 1. The number of carbonyl (C=O) groups is 1. The van der Waals surface area contributed by atoms with Crippen LogP contribution >= 0.6 is 0 Å². The maximum atomic E-state index is 13.1. The van der Waals surface area contributed by atoms with Crippen molar-refractivity contribution in [3.05, 3.63) is 78.4 Å². The van der Waals surface area contributed by atoms with Crippen molar-refractivity contribution < 1.29 is 17.9 Å². The molecule has 0 aliphatic carbocycles. The maximum absolute atomic E-state index is 13.1. The molecule has 0 radical (unpaired) electrons. The van der Waals surface area contributed by atoms with Crippen molar-refractivity contribution in [3.63, 3.8) is 0 Å². The Labute approximate surface area is 188 Å². The number of benzene rings is 3. The second-order valence-corrected chi connectivity index (χ2v) is 10.0. The third kappa shape index (κ3) is 4.26. The SMILES string of the molecule is CC(=O)O[C@@H](CN(C)S(=O)(=O)c1ccc(C)cc1)Cn1c2ccccc2c2ccccc21. The topological polar surface area (TPSA) is 68.6 Å². The monoisotopic (exact) mass is 450 g/mol. The van der Waals surface area contributed by atoms with Gasteiger partial charge in [-0.25, -0.2) is 8.42 Å². The van der Waals surface area contributed by atoms with E-state index in [4.69, 9.17) is 4.74 Å². The number of fused-ring (bicyclic) bond motifs is 3. The Kier molecular flexibility index (Phi) is 6.04. The molecule has 7 heteroatoms. The summed E-state index contributed by atoms with van der Waals surface area (Å²) in [6.07, 6.45) is -0.656. The largest absolute Gasteiger partial charge is 0.459 e. The number of likely N-dealkylation sites (N-methyl/N-ethyl adjacent to an activating group) is 1. The molecule has 0 spiro atoms. The van der Waals surface area contributed by atoms with E-state index in [0.29, 0.717) is 6.54 Å². The molecule has 0 saturated carbocycles. The Morgan fingerprint density at radius 2 is 1.47 bits per heavy atom. The van der Waals surface area contributed by atoms with E-state index in [0.717, 1.165) is 27.4 Å². The van der Waals surface area contributed by atoms with Gasteiger partial charge in [0.05, 0.1) is 18.0 Å². The van der Waals surface area contributed by atoms with Gasteiger partial charge in [-0.3, -0.25) is 4.79 Å². The van der Waals surface area contributed by atoms with Crippen molar-refractivity contribution in [2.75, 3.05) is 13.6 Å². The van der Waals surface area contributed by atoms with Crippen LogP contribution in [0.1, 0.15) is 12.5 Å². The normalized spacial score (nSPS) is 13.0. The van der Waals surface area contributed by atoms with E-state index in [1.165, 1.54) is 18.3 Å². The third-order valence-corrected chi connectivity index (χ3v) is 7.43. The van der Waals surface area contributed by atoms with Gasteiger partial charge in [-0.2, -0.15) is 4.31 Å². The summed E-state index contributed by atoms with van der Waals surface area (Å²) in [5, 5.41) is 2.20. The molecule has 0 saturated heterocycles. The van der Waals surface area contributed by atoms with Crippen molar-refractivity contribution in [1.82, 2.24) is 8.87 Å². The number of sulfonamides is 1. The fourth-order valence-corrected chi connectivity index (χ4v) is 5.25. The van der Waals surface area contributed by atoms with E-state index in [1.807, 2.05) is 43.3 Å². The van der Waals surface area contributed by atoms with Crippen LogP contribution in [0.2, 0.25) is 0 Å². The van der Waals surface area contributed by atoms with E-state index in [1.54, 1.807) is 24.3 Å². The Morgan fingerprint density at radius 3 is 2.00 bits per heavy atom. The summed E-state index contributed by atoms with van der Waals surface area (Å²) in [6, 6.07) is 22.8. The number of aromatic nitrogens is 1. The molecule has 0 bridgehead atoms. The highest BCUT2D eigenvalue weighted by Crippen LogP contribution is 2.29. The zero-order valence-electron chi connectivity index (χ0n) is 18.4. The summed E-state index contributed by atoms with van der Waals surface area (Å²) >= 11 is 0. The van der Waals surface area contributed by atoms with Crippen LogP contribution < -0.4 is 0 Å². The van der Waals surface area contributed by atoms with Gasteiger partial charge in [0.1, 0.15) is 6.10 Å². The van der Waals surface area contributed by atoms with Crippen molar-refractivity contribution in [1.29, 1.82) is 0 Å². The van der Waals surface area contributed by atoms with Crippen LogP contribution in [0, 0.1) is 6.92 Å². The Balaban J connectivity index is 1.68. The lowest BCUT2D eigenvalue weighted by Crippen LogP contribution is -2.38. The van der Waals surface area contributed by atoms with Crippen LogP contribution in [0.4, 0.5) is 0 Å². The third-order valence-electron chi connectivity index (χ3n) is 5.59. The first kappa shape index (κ1) is 22.0. The van der Waals surface area contributed by atoms with Gasteiger partial charge in [0.2, 0.25) is 10.0 Å². The fraction of sp³-hybridized carbons (Fsp3) is 0.240. The van der Waals surface area contributed by atoms with Gasteiger partial charge in [0.25, 0.3) is 0 Å². The summed E-state index contributed by atoms with van der Waals surface area (Å²) < 4.78 is 35.1. The second-order valence-electron chi connectivity index (χ2n) is 7.97. The summed E-state index contributed by atoms with van der Waals surface area (Å²) in [4.78, 5) is 12.1. The van der Waals surface area contributed by atoms with Crippen LogP contribution in [0.15, 0.2) is 77.7 Å². The minimum absolute atomic E-state index is 0.0383. The summed E-state index contributed by atoms with van der Waals surface area (Å²) in [7, 11) is -2.21. The average Bonchev–Trinajstić information content (AvgIpc) is 3.07. The van der Waals surface area contributed by atoms with E-state index < -0.39 is 22.1 Å². The molecule has 1 aromatic heterocycles. The Bertz CT molecular complexity index is 1320. The van der Waals surface area contributed by atoms with Gasteiger partial charge in [0, 0.05) is 35.8 Å². The highest BCUT2D eigenvalue weighted by molar-refractivity contribution is 7.89. The number of esters is 1. The number of rotatable bonds is 7. The average molecular weight is 451 g/mol. The van der Waals surface area contributed by atoms with Crippen LogP contribution in [0.5, 0.6) is 0 Å². The van der Waals surface area contributed by atoms with Crippen LogP contribution in [0.25, 0.3) is 21.8 Å². The summed E-state index contributed by atoms with van der Waals surface area (Å²) in [6.45, 7) is 3.62. The second kappa shape index (κ2) is 8.76. The zero-order chi connectivity index (χ0) is 22.9. The van der Waals surface area contributed by atoms with Crippen molar-refractivity contribution in [3.8, 4) is 0 Å². The number of para-hydroxylation sites is 2. The number of ether oxygens (including phenoxy) is 1. The molecule has 0 fully saturated rings. The van der Waals surface area contributed by atoms with Crippen LogP contribution in [-0.4, -0.2) is 43.0 Å². The molecule has 1 atom stereocenters. The smallest absolute Gasteiger partial charge is 0.303 e. The molecule has 166 valence electrons. The molecule has 3 aromatic carbocycles. The predicted octanol–water partition coefficient (Wildman–Crippen LogP) is 4.36. The minimum Gasteiger partial charge on any atom is -0.459 e.